The van der Waals surface area contributed by atoms with Gasteiger partial charge in [0, 0.05) is 18.8 Å². The molecule has 1 aromatic heterocycles. The highest BCUT2D eigenvalue weighted by Gasteiger charge is 2.16. The highest BCUT2D eigenvalue weighted by atomic mass is 32.2. The predicted octanol–water partition coefficient (Wildman–Crippen LogP) is 0.399. The number of benzene rings is 1. The molecule has 0 fully saturated rings. The van der Waals surface area contributed by atoms with E-state index < -0.39 is 10.0 Å². The number of aromatic nitrogens is 2. The summed E-state index contributed by atoms with van der Waals surface area (Å²) in [5.74, 6) is 0.447. The molecule has 114 valence electrons. The molecule has 21 heavy (non-hydrogen) atoms. The largest absolute Gasteiger partial charge is 0.496 e. The van der Waals surface area contributed by atoms with E-state index in [-0.39, 0.29) is 18.0 Å². The van der Waals surface area contributed by atoms with Crippen LogP contribution in [0.4, 0.5) is 0 Å². The number of sulfonamides is 1. The smallest absolute Gasteiger partial charge is 0.240 e. The molecule has 0 amide bonds. The summed E-state index contributed by atoms with van der Waals surface area (Å²) in [6, 6.07) is 6.08. The highest BCUT2D eigenvalue weighted by Crippen LogP contribution is 2.22. The molecular formula is C13H17N3O4S. The zero-order valence-corrected chi connectivity index (χ0v) is 12.6. The normalized spacial score (nSPS) is 11.6. The Morgan fingerprint density at radius 2 is 2.14 bits per heavy atom. The van der Waals surface area contributed by atoms with E-state index in [0.29, 0.717) is 11.3 Å². The Balaban J connectivity index is 2.21. The number of hydrogen-bond donors (Lipinski definition) is 2. The van der Waals surface area contributed by atoms with E-state index >= 15 is 0 Å². The summed E-state index contributed by atoms with van der Waals surface area (Å²) in [5, 5.41) is 13.2. The second-order valence-electron chi connectivity index (χ2n) is 4.40. The van der Waals surface area contributed by atoms with Crippen LogP contribution in [0.2, 0.25) is 0 Å². The molecule has 0 bridgehead atoms. The summed E-state index contributed by atoms with van der Waals surface area (Å²) in [6.45, 7) is -0.159. The van der Waals surface area contributed by atoms with Gasteiger partial charge in [-0.25, -0.2) is 13.1 Å². The van der Waals surface area contributed by atoms with Gasteiger partial charge in [-0.1, -0.05) is 0 Å². The summed E-state index contributed by atoms with van der Waals surface area (Å²) >= 11 is 0. The van der Waals surface area contributed by atoms with Gasteiger partial charge < -0.3 is 9.84 Å². The zero-order valence-electron chi connectivity index (χ0n) is 11.8. The second kappa shape index (κ2) is 6.25. The van der Waals surface area contributed by atoms with Crippen molar-refractivity contribution in [3.8, 4) is 5.75 Å². The van der Waals surface area contributed by atoms with Gasteiger partial charge in [0.05, 0.1) is 30.9 Å². The van der Waals surface area contributed by atoms with Gasteiger partial charge in [-0.2, -0.15) is 5.10 Å². The quantitative estimate of drug-likeness (QED) is 0.805. The summed E-state index contributed by atoms with van der Waals surface area (Å²) in [5.41, 5.74) is 1.16. The fourth-order valence-corrected chi connectivity index (χ4v) is 2.92. The number of ether oxygens (including phenoxy) is 1. The van der Waals surface area contributed by atoms with Gasteiger partial charge in [0.2, 0.25) is 10.0 Å². The maximum absolute atomic E-state index is 12.2. The Bertz CT molecular complexity index is 725. The molecule has 8 heteroatoms. The minimum Gasteiger partial charge on any atom is -0.496 e. The molecule has 0 saturated carbocycles. The molecule has 0 unspecified atom stereocenters. The number of aryl methyl sites for hydroxylation is 1. The van der Waals surface area contributed by atoms with E-state index in [1.165, 1.54) is 25.3 Å². The first-order chi connectivity index (χ1) is 9.97. The first-order valence-electron chi connectivity index (χ1n) is 6.22. The first kappa shape index (κ1) is 15.5. The molecule has 2 rings (SSSR count). The topological polar surface area (TPSA) is 93.5 Å². The summed E-state index contributed by atoms with van der Waals surface area (Å²) < 4.78 is 33.6. The molecule has 7 nitrogen and oxygen atoms in total. The van der Waals surface area contributed by atoms with Gasteiger partial charge in [-0.05, 0) is 24.3 Å². The Kier molecular flexibility index (Phi) is 4.61. The van der Waals surface area contributed by atoms with Crippen LogP contribution in [0.25, 0.3) is 0 Å². The molecule has 1 aromatic carbocycles. The van der Waals surface area contributed by atoms with E-state index in [0.717, 1.165) is 5.69 Å². The maximum atomic E-state index is 12.2. The molecule has 2 N–H and O–H groups in total. The average Bonchev–Trinajstić information content (AvgIpc) is 2.89. The molecular weight excluding hydrogens is 294 g/mol. The van der Waals surface area contributed by atoms with E-state index in [2.05, 4.69) is 9.82 Å². The maximum Gasteiger partial charge on any atom is 0.240 e. The van der Waals surface area contributed by atoms with E-state index in [1.54, 1.807) is 24.0 Å². The third-order valence-electron chi connectivity index (χ3n) is 3.10. The van der Waals surface area contributed by atoms with Gasteiger partial charge in [-0.3, -0.25) is 4.68 Å². The van der Waals surface area contributed by atoms with Gasteiger partial charge in [-0.15, -0.1) is 0 Å². The molecule has 0 aliphatic heterocycles. The van der Waals surface area contributed by atoms with Crippen molar-refractivity contribution in [2.45, 2.75) is 18.0 Å². The Hall–Kier alpha value is -1.90. The minimum absolute atomic E-state index is 0.0783. The predicted molar refractivity (Wildman–Crippen MR) is 76.2 cm³/mol. The number of rotatable bonds is 6. The molecule has 0 saturated heterocycles. The van der Waals surface area contributed by atoms with Crippen molar-refractivity contribution in [1.82, 2.24) is 14.5 Å². The van der Waals surface area contributed by atoms with Crippen LogP contribution in [-0.2, 0) is 30.2 Å². The van der Waals surface area contributed by atoms with Crippen LogP contribution in [0.5, 0.6) is 5.75 Å². The number of aliphatic hydroxyl groups is 1. The van der Waals surface area contributed by atoms with Crippen LogP contribution in [0.3, 0.4) is 0 Å². The van der Waals surface area contributed by atoms with Crippen molar-refractivity contribution in [3.63, 3.8) is 0 Å². The summed E-state index contributed by atoms with van der Waals surface area (Å²) in [7, 11) is -0.470. The Morgan fingerprint density at radius 3 is 2.71 bits per heavy atom. The Labute approximate surface area is 123 Å². The number of methoxy groups -OCH3 is 1. The number of hydrogen-bond acceptors (Lipinski definition) is 5. The lowest BCUT2D eigenvalue weighted by Gasteiger charge is -2.10. The molecule has 1 heterocycles. The molecule has 0 spiro atoms. The van der Waals surface area contributed by atoms with Crippen molar-refractivity contribution in [1.29, 1.82) is 0 Å². The van der Waals surface area contributed by atoms with Gasteiger partial charge in [0.1, 0.15) is 5.75 Å². The van der Waals surface area contributed by atoms with Crippen LogP contribution < -0.4 is 9.46 Å². The molecule has 0 aliphatic carbocycles. The van der Waals surface area contributed by atoms with Crippen LogP contribution >= 0.6 is 0 Å². The molecule has 2 aromatic rings. The fourth-order valence-electron chi connectivity index (χ4n) is 1.87. The monoisotopic (exact) mass is 311 g/mol. The molecule has 0 aliphatic rings. The van der Waals surface area contributed by atoms with Crippen LogP contribution in [0, 0.1) is 0 Å². The van der Waals surface area contributed by atoms with E-state index in [4.69, 9.17) is 4.74 Å². The van der Waals surface area contributed by atoms with Crippen molar-refractivity contribution >= 4 is 10.0 Å². The SMILES string of the molecule is COc1ccc(S(=O)(=O)NCc2ccnn2C)cc1CO. The van der Waals surface area contributed by atoms with Gasteiger partial charge in [0.25, 0.3) is 0 Å². The third-order valence-corrected chi connectivity index (χ3v) is 4.50. The lowest BCUT2D eigenvalue weighted by molar-refractivity contribution is 0.273. The minimum atomic E-state index is -3.67. The fraction of sp³-hybridized carbons (Fsp3) is 0.308. The van der Waals surface area contributed by atoms with E-state index in [9.17, 15) is 13.5 Å². The number of aliphatic hydroxyl groups excluding tert-OH is 1. The lowest BCUT2D eigenvalue weighted by atomic mass is 10.2. The van der Waals surface area contributed by atoms with Crippen LogP contribution in [0.1, 0.15) is 11.3 Å². The lowest BCUT2D eigenvalue weighted by Crippen LogP contribution is -2.24. The van der Waals surface area contributed by atoms with Crippen molar-refractivity contribution < 1.29 is 18.3 Å². The van der Waals surface area contributed by atoms with E-state index in [1.807, 2.05) is 0 Å². The van der Waals surface area contributed by atoms with Crippen molar-refractivity contribution in [2.75, 3.05) is 7.11 Å². The van der Waals surface area contributed by atoms with Crippen molar-refractivity contribution in [3.05, 3.63) is 41.7 Å². The second-order valence-corrected chi connectivity index (χ2v) is 6.17. The Morgan fingerprint density at radius 1 is 1.38 bits per heavy atom. The number of nitrogens with zero attached hydrogens (tertiary/aromatic N) is 2. The zero-order chi connectivity index (χ0) is 15.5. The van der Waals surface area contributed by atoms with Gasteiger partial charge in [0.15, 0.2) is 0 Å². The van der Waals surface area contributed by atoms with Crippen molar-refractivity contribution in [2.24, 2.45) is 7.05 Å². The summed E-state index contributed by atoms with van der Waals surface area (Å²) in [6.07, 6.45) is 1.60. The van der Waals surface area contributed by atoms with Crippen LogP contribution in [-0.4, -0.2) is 30.4 Å². The number of nitrogens with one attached hydrogen (secondary N) is 1. The summed E-state index contributed by atoms with van der Waals surface area (Å²) in [4.78, 5) is 0.0783. The first-order valence-corrected chi connectivity index (χ1v) is 7.70. The third kappa shape index (κ3) is 3.41. The highest BCUT2D eigenvalue weighted by molar-refractivity contribution is 7.89. The standard InChI is InChI=1S/C13H17N3O4S/c1-16-11(5-6-14-16)8-15-21(18,19)12-3-4-13(20-2)10(7-12)9-17/h3-7,15,17H,8-9H2,1-2H3. The van der Waals surface area contributed by atoms with Gasteiger partial charge >= 0.3 is 0 Å². The molecule has 0 atom stereocenters. The molecule has 0 radical (unpaired) electrons. The van der Waals surface area contributed by atoms with Crippen LogP contribution in [0.15, 0.2) is 35.4 Å². The average molecular weight is 311 g/mol.